The second kappa shape index (κ2) is 7.82. The van der Waals surface area contributed by atoms with Crippen LogP contribution in [-0.2, 0) is 9.59 Å². The van der Waals surface area contributed by atoms with Crippen LogP contribution >= 0.6 is 39.0 Å². The predicted octanol–water partition coefficient (Wildman–Crippen LogP) is 4.89. The number of halogens is 1. The first-order valence-electron chi connectivity index (χ1n) is 11.6. The van der Waals surface area contributed by atoms with Gasteiger partial charge in [-0.2, -0.15) is 0 Å². The summed E-state index contributed by atoms with van der Waals surface area (Å²) in [7, 11) is 1.67. The Kier molecular flexibility index (Phi) is 4.89. The molecule has 3 heterocycles. The zero-order chi connectivity index (χ0) is 24.0. The minimum Gasteiger partial charge on any atom is -0.496 e. The highest BCUT2D eigenvalue weighted by Crippen LogP contribution is 2.69. The highest BCUT2D eigenvalue weighted by atomic mass is 79.9. The summed E-state index contributed by atoms with van der Waals surface area (Å²) in [5.41, 5.74) is 1.68. The van der Waals surface area contributed by atoms with E-state index < -0.39 is 0 Å². The molecule has 35 heavy (non-hydrogen) atoms. The summed E-state index contributed by atoms with van der Waals surface area (Å²) in [6.45, 7) is 0. The number of amides is 2. The van der Waals surface area contributed by atoms with E-state index in [9.17, 15) is 14.4 Å². The number of para-hydroxylation sites is 1. The van der Waals surface area contributed by atoms with E-state index in [1.807, 2.05) is 42.5 Å². The van der Waals surface area contributed by atoms with Gasteiger partial charge >= 0.3 is 4.87 Å². The number of methoxy groups -OCH3 is 1. The molecule has 3 fully saturated rings. The van der Waals surface area contributed by atoms with E-state index in [0.29, 0.717) is 5.69 Å². The molecule has 0 spiro atoms. The van der Waals surface area contributed by atoms with Gasteiger partial charge in [-0.25, -0.2) is 0 Å². The number of nitrogens with zero attached hydrogens (tertiary/aromatic N) is 1. The molecule has 3 aromatic rings. The second-order valence-electron chi connectivity index (χ2n) is 9.69. The molecule has 1 N–H and O–H groups in total. The normalized spacial score (nSPS) is 32.5. The summed E-state index contributed by atoms with van der Waals surface area (Å²) in [4.78, 5) is 45.3. The van der Waals surface area contributed by atoms with Crippen LogP contribution in [0.25, 0.3) is 0 Å². The average Bonchev–Trinajstić information content (AvgIpc) is 3.59. The third kappa shape index (κ3) is 2.98. The Morgan fingerprint density at radius 1 is 1.00 bits per heavy atom. The van der Waals surface area contributed by atoms with Crippen molar-refractivity contribution in [1.82, 2.24) is 4.98 Å². The van der Waals surface area contributed by atoms with Crippen LogP contribution in [0.5, 0.6) is 5.75 Å². The fourth-order valence-corrected chi connectivity index (χ4v) is 10.3. The van der Waals surface area contributed by atoms with Gasteiger partial charge in [0.15, 0.2) is 0 Å². The van der Waals surface area contributed by atoms with Crippen LogP contribution in [0.1, 0.15) is 22.8 Å². The number of anilines is 1. The van der Waals surface area contributed by atoms with Crippen LogP contribution in [0.15, 0.2) is 62.8 Å². The van der Waals surface area contributed by atoms with Gasteiger partial charge in [0, 0.05) is 26.1 Å². The Hall–Kier alpha value is -2.36. The summed E-state index contributed by atoms with van der Waals surface area (Å²) in [5.74, 6) is 0.324. The summed E-state index contributed by atoms with van der Waals surface area (Å²) < 4.78 is 6.64. The number of carbonyl (C=O) groups excluding carboxylic acids is 2. The zero-order valence-corrected chi connectivity index (χ0v) is 21.9. The van der Waals surface area contributed by atoms with Crippen LogP contribution in [0.3, 0.4) is 0 Å². The number of fused-ring (bicyclic) bond motifs is 9. The third-order valence-corrected chi connectivity index (χ3v) is 11.4. The second-order valence-corrected chi connectivity index (χ2v) is 12.8. The molecule has 7 atom stereocenters. The monoisotopic (exact) mass is 568 g/mol. The van der Waals surface area contributed by atoms with Gasteiger partial charge in [-0.15, -0.1) is 11.8 Å². The molecule has 2 aromatic carbocycles. The molecular weight excluding hydrogens is 548 g/mol. The number of benzene rings is 2. The van der Waals surface area contributed by atoms with Crippen molar-refractivity contribution in [2.75, 3.05) is 12.0 Å². The molecule has 2 saturated carbocycles. The van der Waals surface area contributed by atoms with Crippen LogP contribution in [0.4, 0.5) is 5.69 Å². The number of hydrogen-bond acceptors (Lipinski definition) is 6. The number of thioether (sulfide) groups is 1. The first-order valence-corrected chi connectivity index (χ1v) is 14.1. The molecule has 1 saturated heterocycles. The van der Waals surface area contributed by atoms with Crippen molar-refractivity contribution in [3.63, 3.8) is 0 Å². The maximum absolute atomic E-state index is 13.8. The van der Waals surface area contributed by atoms with E-state index in [4.69, 9.17) is 4.74 Å². The Balaban J connectivity index is 1.34. The van der Waals surface area contributed by atoms with Crippen LogP contribution in [-0.4, -0.2) is 29.2 Å². The van der Waals surface area contributed by atoms with E-state index in [0.717, 1.165) is 32.1 Å². The van der Waals surface area contributed by atoms with Crippen LogP contribution < -0.4 is 14.5 Å². The molecule has 4 aliphatic rings. The molecule has 2 aliphatic carbocycles. The first kappa shape index (κ1) is 21.9. The Morgan fingerprint density at radius 3 is 2.46 bits per heavy atom. The number of rotatable bonds is 3. The lowest BCUT2D eigenvalue weighted by Crippen LogP contribution is -2.42. The quantitative estimate of drug-likeness (QED) is 0.455. The maximum Gasteiger partial charge on any atom is 0.305 e. The van der Waals surface area contributed by atoms with Gasteiger partial charge in [-0.1, -0.05) is 45.5 Å². The summed E-state index contributed by atoms with van der Waals surface area (Å²) in [5, 5.41) is 1.07. The van der Waals surface area contributed by atoms with E-state index in [2.05, 4.69) is 27.0 Å². The SMILES string of the molecule is COc1ccccc1C1c2sc(=O)[nH]c2SC2C1[C@H]1C[C@@H]2C2C(=O)N(c3ccc(Br)cc3)C(=O)C21. The van der Waals surface area contributed by atoms with Gasteiger partial charge in [0.1, 0.15) is 5.75 Å². The molecule has 6 nitrogen and oxygen atoms in total. The number of aromatic amines is 1. The highest BCUT2D eigenvalue weighted by molar-refractivity contribution is 9.10. The molecule has 2 bridgehead atoms. The Bertz CT molecular complexity index is 1430. The van der Waals surface area contributed by atoms with Gasteiger partial charge in [0.05, 0.1) is 29.7 Å². The number of imide groups is 1. The van der Waals surface area contributed by atoms with Crippen LogP contribution in [0, 0.1) is 29.6 Å². The van der Waals surface area contributed by atoms with Gasteiger partial charge in [0.2, 0.25) is 11.8 Å². The number of carbonyl (C=O) groups is 2. The van der Waals surface area contributed by atoms with E-state index in [-0.39, 0.29) is 57.4 Å². The lowest BCUT2D eigenvalue weighted by atomic mass is 9.68. The first-order chi connectivity index (χ1) is 17.0. The van der Waals surface area contributed by atoms with Crippen molar-refractivity contribution in [3.8, 4) is 5.75 Å². The Morgan fingerprint density at radius 2 is 1.71 bits per heavy atom. The average molecular weight is 570 g/mol. The molecular formula is C26H21BrN2O4S2. The number of aromatic nitrogens is 1. The minimum absolute atomic E-state index is 0.0445. The molecule has 2 aliphatic heterocycles. The van der Waals surface area contributed by atoms with Crippen LogP contribution in [0.2, 0.25) is 0 Å². The van der Waals surface area contributed by atoms with Gasteiger partial charge in [-0.05, 0) is 54.5 Å². The standard InChI is InChI=1S/C26H21BrN2O4S2/c1-33-16-5-3-2-4-13(16)17-18-14-10-15(21(18)34-23-22(17)35-26(32)28-23)20-19(14)24(30)29(25(20)31)12-8-6-11(27)7-9-12/h2-9,14-15,17-21H,10H2,1H3,(H,28,32)/t14-,15-,17?,18?,19?,20?,21?/m1/s1. The van der Waals surface area contributed by atoms with Crippen molar-refractivity contribution < 1.29 is 14.3 Å². The van der Waals surface area contributed by atoms with Crippen molar-refractivity contribution in [3.05, 3.63) is 73.1 Å². The molecule has 1 aromatic heterocycles. The van der Waals surface area contributed by atoms with Gasteiger partial charge < -0.3 is 9.72 Å². The lowest BCUT2D eigenvalue weighted by Gasteiger charge is -2.43. The molecule has 7 rings (SSSR count). The predicted molar refractivity (Wildman–Crippen MR) is 138 cm³/mol. The zero-order valence-electron chi connectivity index (χ0n) is 18.6. The van der Waals surface area contributed by atoms with Gasteiger partial charge in [-0.3, -0.25) is 19.3 Å². The maximum atomic E-state index is 13.8. The number of nitrogens with one attached hydrogen (secondary N) is 1. The van der Waals surface area contributed by atoms with Gasteiger partial charge in [0.25, 0.3) is 0 Å². The number of hydrogen-bond donors (Lipinski definition) is 1. The minimum atomic E-state index is -0.313. The highest BCUT2D eigenvalue weighted by Gasteiger charge is 2.69. The Labute approximate surface area is 218 Å². The third-order valence-electron chi connectivity index (χ3n) is 8.28. The van der Waals surface area contributed by atoms with Crippen molar-refractivity contribution >= 4 is 56.5 Å². The van der Waals surface area contributed by atoms with E-state index >= 15 is 0 Å². The molecule has 2 amide bonds. The molecule has 5 unspecified atom stereocenters. The fraction of sp³-hybridized carbons (Fsp3) is 0.346. The molecule has 0 radical (unpaired) electrons. The fourth-order valence-electron chi connectivity index (χ4n) is 7.13. The smallest absolute Gasteiger partial charge is 0.305 e. The summed E-state index contributed by atoms with van der Waals surface area (Å²) in [6.07, 6.45) is 0.869. The molecule has 9 heteroatoms. The largest absolute Gasteiger partial charge is 0.496 e. The van der Waals surface area contributed by atoms with Crippen molar-refractivity contribution in [2.24, 2.45) is 29.6 Å². The summed E-state index contributed by atoms with van der Waals surface area (Å²) >= 11 is 6.39. The number of ether oxygens (including phenoxy) is 1. The number of H-pyrrole nitrogens is 1. The summed E-state index contributed by atoms with van der Waals surface area (Å²) in [6, 6.07) is 15.3. The lowest BCUT2D eigenvalue weighted by molar-refractivity contribution is -0.123. The number of thiazole rings is 1. The van der Waals surface area contributed by atoms with Crippen molar-refractivity contribution in [2.45, 2.75) is 22.6 Å². The topological polar surface area (TPSA) is 79.5 Å². The van der Waals surface area contributed by atoms with Crippen molar-refractivity contribution in [1.29, 1.82) is 0 Å². The molecule has 178 valence electrons. The van der Waals surface area contributed by atoms with E-state index in [1.54, 1.807) is 18.9 Å². The van der Waals surface area contributed by atoms with E-state index in [1.165, 1.54) is 16.2 Å².